The zero-order chi connectivity index (χ0) is 17.1. The van der Waals surface area contributed by atoms with E-state index in [4.69, 9.17) is 17.3 Å². The van der Waals surface area contributed by atoms with Crippen LogP contribution in [0.25, 0.3) is 0 Å². The number of anilines is 3. The van der Waals surface area contributed by atoms with Crippen LogP contribution in [0.3, 0.4) is 0 Å². The number of nitrogens with zero attached hydrogens (tertiary/aromatic N) is 2. The molecule has 0 aliphatic heterocycles. The molecule has 122 valence electrons. The van der Waals surface area contributed by atoms with Crippen molar-refractivity contribution < 1.29 is 0 Å². The lowest BCUT2D eigenvalue weighted by molar-refractivity contribution is 1.06. The minimum atomic E-state index is 0.514. The first-order chi connectivity index (χ1) is 11.5. The van der Waals surface area contributed by atoms with Crippen molar-refractivity contribution in [2.75, 3.05) is 11.1 Å². The molecule has 24 heavy (non-hydrogen) atoms. The Balaban J connectivity index is 1.84. The molecule has 6 heteroatoms. The fourth-order valence-electron chi connectivity index (χ4n) is 2.09. The Hall–Kier alpha value is -2.24. The van der Waals surface area contributed by atoms with E-state index >= 15 is 0 Å². The van der Waals surface area contributed by atoms with Gasteiger partial charge in [-0.2, -0.15) is 0 Å². The van der Waals surface area contributed by atoms with Gasteiger partial charge >= 0.3 is 0 Å². The number of benzene rings is 2. The lowest BCUT2D eigenvalue weighted by Crippen LogP contribution is -2.02. The molecule has 0 amide bonds. The van der Waals surface area contributed by atoms with Gasteiger partial charge in [0.15, 0.2) is 5.82 Å². The summed E-state index contributed by atoms with van der Waals surface area (Å²) in [6.07, 6.45) is 1.50. The molecule has 0 aliphatic carbocycles. The average Bonchev–Trinajstić information content (AvgIpc) is 2.57. The van der Waals surface area contributed by atoms with Gasteiger partial charge in [-0.3, -0.25) is 0 Å². The smallest absolute Gasteiger partial charge is 0.158 e. The van der Waals surface area contributed by atoms with Crippen molar-refractivity contribution >= 4 is 40.6 Å². The molecule has 0 fully saturated rings. The van der Waals surface area contributed by atoms with Crippen LogP contribution in [0.5, 0.6) is 0 Å². The van der Waals surface area contributed by atoms with Crippen molar-refractivity contribution in [2.45, 2.75) is 23.8 Å². The summed E-state index contributed by atoms with van der Waals surface area (Å²) in [5, 5.41) is 4.62. The zero-order valence-corrected chi connectivity index (χ0v) is 14.9. The highest BCUT2D eigenvalue weighted by atomic mass is 35.5. The number of hydrogen-bond donors (Lipinski definition) is 2. The van der Waals surface area contributed by atoms with E-state index in [2.05, 4.69) is 34.3 Å². The van der Waals surface area contributed by atoms with Crippen LogP contribution < -0.4 is 11.1 Å². The van der Waals surface area contributed by atoms with Crippen molar-refractivity contribution in [1.82, 2.24) is 9.97 Å². The Labute approximate surface area is 150 Å². The fourth-order valence-corrected chi connectivity index (χ4v) is 3.07. The van der Waals surface area contributed by atoms with Crippen molar-refractivity contribution in [3.05, 3.63) is 64.9 Å². The third-order valence-corrected chi connectivity index (χ3v) is 4.95. The SMILES string of the molecule is Cc1ccc(Sc2ncnc(Nc3ccc(C)c(Cl)c3)c2N)cc1. The maximum Gasteiger partial charge on any atom is 0.158 e. The molecule has 0 atom stereocenters. The maximum absolute atomic E-state index is 6.24. The van der Waals surface area contributed by atoms with Crippen LogP contribution in [0.1, 0.15) is 11.1 Å². The van der Waals surface area contributed by atoms with Crippen LogP contribution >= 0.6 is 23.4 Å². The summed E-state index contributed by atoms with van der Waals surface area (Å²) in [5.74, 6) is 0.569. The fraction of sp³-hybridized carbons (Fsp3) is 0.111. The van der Waals surface area contributed by atoms with E-state index in [-0.39, 0.29) is 0 Å². The van der Waals surface area contributed by atoms with Crippen LogP contribution in [0, 0.1) is 13.8 Å². The molecule has 4 nitrogen and oxygen atoms in total. The first kappa shape index (κ1) is 16.6. The van der Waals surface area contributed by atoms with Gasteiger partial charge in [0, 0.05) is 15.6 Å². The molecule has 3 N–H and O–H groups in total. The first-order valence-electron chi connectivity index (χ1n) is 7.41. The zero-order valence-electron chi connectivity index (χ0n) is 13.4. The molecule has 0 saturated carbocycles. The molecule has 0 unspecified atom stereocenters. The lowest BCUT2D eigenvalue weighted by Gasteiger charge is -2.11. The highest BCUT2D eigenvalue weighted by Gasteiger charge is 2.10. The van der Waals surface area contributed by atoms with Crippen molar-refractivity contribution in [3.8, 4) is 0 Å². The summed E-state index contributed by atoms with van der Waals surface area (Å²) in [6.45, 7) is 4.02. The summed E-state index contributed by atoms with van der Waals surface area (Å²) in [4.78, 5) is 9.61. The van der Waals surface area contributed by atoms with E-state index in [1.54, 1.807) is 0 Å². The molecule has 1 heterocycles. The molecule has 3 rings (SSSR count). The molecule has 2 aromatic carbocycles. The number of aromatic nitrogens is 2. The lowest BCUT2D eigenvalue weighted by atomic mass is 10.2. The van der Waals surface area contributed by atoms with Gasteiger partial charge in [-0.15, -0.1) is 0 Å². The predicted molar refractivity (Wildman–Crippen MR) is 101 cm³/mol. The van der Waals surface area contributed by atoms with Gasteiger partial charge in [-0.1, -0.05) is 47.1 Å². The minimum absolute atomic E-state index is 0.514. The topological polar surface area (TPSA) is 63.8 Å². The molecular weight excluding hydrogens is 340 g/mol. The predicted octanol–water partition coefficient (Wildman–Crippen LogP) is 5.22. The Kier molecular flexibility index (Phi) is 4.92. The van der Waals surface area contributed by atoms with Gasteiger partial charge in [0.25, 0.3) is 0 Å². The second-order valence-corrected chi connectivity index (χ2v) is 6.91. The Bertz CT molecular complexity index is 865. The van der Waals surface area contributed by atoms with Crippen molar-refractivity contribution in [2.24, 2.45) is 0 Å². The largest absolute Gasteiger partial charge is 0.394 e. The summed E-state index contributed by atoms with van der Waals surface area (Å²) in [7, 11) is 0. The summed E-state index contributed by atoms with van der Waals surface area (Å²) in [5.41, 5.74) is 9.82. The summed E-state index contributed by atoms with van der Waals surface area (Å²) >= 11 is 7.67. The average molecular weight is 357 g/mol. The van der Waals surface area contributed by atoms with Crippen molar-refractivity contribution in [1.29, 1.82) is 0 Å². The van der Waals surface area contributed by atoms with Crippen LogP contribution in [-0.2, 0) is 0 Å². The van der Waals surface area contributed by atoms with E-state index in [9.17, 15) is 0 Å². The highest BCUT2D eigenvalue weighted by molar-refractivity contribution is 7.99. The van der Waals surface area contributed by atoms with Gasteiger partial charge in [-0.25, -0.2) is 9.97 Å². The number of aryl methyl sites for hydroxylation is 2. The molecular formula is C18H17ClN4S. The highest BCUT2D eigenvalue weighted by Crippen LogP contribution is 2.34. The Morgan fingerprint density at radius 1 is 1.04 bits per heavy atom. The first-order valence-corrected chi connectivity index (χ1v) is 8.60. The molecule has 0 saturated heterocycles. The molecule has 3 aromatic rings. The van der Waals surface area contributed by atoms with Gasteiger partial charge < -0.3 is 11.1 Å². The number of nitrogens with one attached hydrogen (secondary N) is 1. The van der Waals surface area contributed by atoms with Gasteiger partial charge in [-0.05, 0) is 43.7 Å². The Morgan fingerprint density at radius 2 is 1.79 bits per heavy atom. The second kappa shape index (κ2) is 7.11. The molecule has 0 aliphatic rings. The van der Waals surface area contributed by atoms with Crippen LogP contribution in [-0.4, -0.2) is 9.97 Å². The number of halogens is 1. The van der Waals surface area contributed by atoms with E-state index in [1.165, 1.54) is 23.7 Å². The molecule has 1 aromatic heterocycles. The third-order valence-electron chi connectivity index (χ3n) is 3.52. The normalized spacial score (nSPS) is 10.6. The van der Waals surface area contributed by atoms with Crippen LogP contribution in [0.4, 0.5) is 17.2 Å². The van der Waals surface area contributed by atoms with Crippen LogP contribution in [0.15, 0.2) is 58.7 Å². The molecule has 0 spiro atoms. The number of nitrogen functional groups attached to an aromatic ring is 1. The molecule has 0 bridgehead atoms. The second-order valence-electron chi connectivity index (χ2n) is 5.45. The van der Waals surface area contributed by atoms with E-state index in [0.717, 1.165) is 21.2 Å². The maximum atomic E-state index is 6.24. The standard InChI is InChI=1S/C18H17ClN4S/c1-11-3-7-14(8-4-11)24-18-16(20)17(21-10-22-18)23-13-6-5-12(2)15(19)9-13/h3-10H,20H2,1-2H3,(H,21,22,23). The molecule has 0 radical (unpaired) electrons. The quantitative estimate of drug-likeness (QED) is 0.627. The van der Waals surface area contributed by atoms with E-state index < -0.39 is 0 Å². The van der Waals surface area contributed by atoms with Crippen LogP contribution in [0.2, 0.25) is 5.02 Å². The van der Waals surface area contributed by atoms with Gasteiger partial charge in [0.2, 0.25) is 0 Å². The van der Waals surface area contributed by atoms with Gasteiger partial charge in [0.05, 0.1) is 0 Å². The van der Waals surface area contributed by atoms with E-state index in [0.29, 0.717) is 16.5 Å². The summed E-state index contributed by atoms with van der Waals surface area (Å²) < 4.78 is 0. The number of nitrogens with two attached hydrogens (primary N) is 1. The monoisotopic (exact) mass is 356 g/mol. The van der Waals surface area contributed by atoms with Gasteiger partial charge in [0.1, 0.15) is 17.0 Å². The number of rotatable bonds is 4. The van der Waals surface area contributed by atoms with Crippen molar-refractivity contribution in [3.63, 3.8) is 0 Å². The Morgan fingerprint density at radius 3 is 2.50 bits per heavy atom. The number of hydrogen-bond acceptors (Lipinski definition) is 5. The van der Waals surface area contributed by atoms with E-state index in [1.807, 2.05) is 37.3 Å². The third kappa shape index (κ3) is 3.80. The minimum Gasteiger partial charge on any atom is -0.394 e. The summed E-state index contributed by atoms with van der Waals surface area (Å²) in [6, 6.07) is 14.0.